The number of hydrogen-bond donors (Lipinski definition) is 0. The van der Waals surface area contributed by atoms with Gasteiger partial charge in [0.2, 0.25) is 17.3 Å². The lowest BCUT2D eigenvalue weighted by Crippen LogP contribution is -2.40. The number of rotatable bonds is 9. The Morgan fingerprint density at radius 1 is 0.929 bits per heavy atom. The van der Waals surface area contributed by atoms with Gasteiger partial charge in [0.1, 0.15) is 13.2 Å². The van der Waals surface area contributed by atoms with Crippen molar-refractivity contribution in [1.29, 1.82) is 0 Å². The second-order valence-electron chi connectivity index (χ2n) is 9.06. The highest BCUT2D eigenvalue weighted by atomic mass is 19.4. The first-order chi connectivity index (χ1) is 20.1. The number of ether oxygens (including phenoxy) is 2. The van der Waals surface area contributed by atoms with Crippen molar-refractivity contribution < 1.29 is 36.8 Å². The molecule has 2 heterocycles. The van der Waals surface area contributed by atoms with Crippen LogP contribution in [-0.4, -0.2) is 15.1 Å². The number of halogens is 3. The predicted octanol–water partition coefficient (Wildman–Crippen LogP) is 6.43. The van der Waals surface area contributed by atoms with Gasteiger partial charge in [-0.2, -0.15) is 22.9 Å². The third kappa shape index (κ3) is 5.99. The molecule has 0 radical (unpaired) electrons. The van der Waals surface area contributed by atoms with Gasteiger partial charge in [0.05, 0.1) is 16.1 Å². The molecule has 10 nitrogen and oxygen atoms in total. The molecule has 2 aromatic heterocycles. The third-order valence-corrected chi connectivity index (χ3v) is 6.22. The molecule has 0 atom stereocenters. The van der Waals surface area contributed by atoms with Crippen LogP contribution in [0.2, 0.25) is 0 Å². The molecule has 0 saturated heterocycles. The van der Waals surface area contributed by atoms with Crippen LogP contribution in [0.15, 0.2) is 89.5 Å². The molecule has 0 unspecified atom stereocenters. The molecule has 214 valence electrons. The second-order valence-corrected chi connectivity index (χ2v) is 9.06. The van der Waals surface area contributed by atoms with Crippen molar-refractivity contribution in [2.24, 2.45) is 0 Å². The zero-order valence-electron chi connectivity index (χ0n) is 21.9. The molecule has 0 fully saturated rings. The lowest BCUT2D eigenvalue weighted by molar-refractivity contribution is -0.635. The van der Waals surface area contributed by atoms with E-state index in [0.717, 1.165) is 17.2 Å². The molecule has 0 saturated carbocycles. The lowest BCUT2D eigenvalue weighted by atomic mass is 10.1. The van der Waals surface area contributed by atoms with E-state index >= 15 is 0 Å². The Labute approximate surface area is 236 Å². The van der Waals surface area contributed by atoms with Gasteiger partial charge in [-0.05, 0) is 23.3 Å². The van der Waals surface area contributed by atoms with Crippen LogP contribution in [0.25, 0.3) is 22.8 Å². The van der Waals surface area contributed by atoms with E-state index < -0.39 is 22.5 Å². The highest BCUT2D eigenvalue weighted by molar-refractivity contribution is 5.70. The Bertz CT molecular complexity index is 1730. The summed E-state index contributed by atoms with van der Waals surface area (Å²) in [5.41, 5.74) is -0.485. The monoisotopic (exact) mass is 578 g/mol. The summed E-state index contributed by atoms with van der Waals surface area (Å²) in [6.45, 7) is 1.27. The first kappa shape index (κ1) is 28.1. The Balaban J connectivity index is 1.54. The number of nitro benzene ring substituents is 1. The Kier molecular flexibility index (Phi) is 7.74. The van der Waals surface area contributed by atoms with Gasteiger partial charge in [-0.3, -0.25) is 10.1 Å². The number of nitro groups is 1. The van der Waals surface area contributed by atoms with E-state index in [1.54, 1.807) is 12.1 Å². The largest absolute Gasteiger partial charge is 0.618 e. The van der Waals surface area contributed by atoms with E-state index in [-0.39, 0.29) is 58.0 Å². The second kappa shape index (κ2) is 11.6. The summed E-state index contributed by atoms with van der Waals surface area (Å²) in [4.78, 5) is 15.7. The topological polar surface area (TPSA) is 127 Å². The molecule has 0 aliphatic heterocycles. The smallest absolute Gasteiger partial charge is 0.478 e. The molecule has 0 aliphatic rings. The van der Waals surface area contributed by atoms with Crippen LogP contribution in [0.5, 0.6) is 11.5 Å². The summed E-state index contributed by atoms with van der Waals surface area (Å²) in [5, 5.41) is 28.2. The number of pyridine rings is 1. The maximum Gasteiger partial charge on any atom is 0.478 e. The number of benzene rings is 3. The molecule has 0 amide bonds. The van der Waals surface area contributed by atoms with E-state index in [9.17, 15) is 28.5 Å². The predicted molar refractivity (Wildman–Crippen MR) is 142 cm³/mol. The Morgan fingerprint density at radius 3 is 2.14 bits per heavy atom. The highest BCUT2D eigenvalue weighted by Gasteiger charge is 2.41. The fraction of sp³-hybridized carbons (Fsp3) is 0.138. The third-order valence-electron chi connectivity index (χ3n) is 6.22. The Hall–Kier alpha value is -5.46. The van der Waals surface area contributed by atoms with Crippen molar-refractivity contribution in [2.75, 3.05) is 0 Å². The van der Waals surface area contributed by atoms with Crippen molar-refractivity contribution in [3.8, 4) is 34.3 Å². The Morgan fingerprint density at radius 2 is 1.55 bits per heavy atom. The molecule has 0 N–H and O–H groups in total. The molecule has 13 heteroatoms. The molecule has 0 spiro atoms. The minimum Gasteiger partial charge on any atom is -0.618 e. The maximum atomic E-state index is 13.1. The number of aromatic nitrogens is 3. The highest BCUT2D eigenvalue weighted by Crippen LogP contribution is 2.42. The molecule has 0 aliphatic carbocycles. The molecule has 5 aromatic rings. The number of hydrogen-bond acceptors (Lipinski definition) is 8. The summed E-state index contributed by atoms with van der Waals surface area (Å²) in [6, 6.07) is 22.4. The van der Waals surface area contributed by atoms with Gasteiger partial charge in [0.25, 0.3) is 11.6 Å². The summed E-state index contributed by atoms with van der Waals surface area (Å²) in [6.07, 6.45) is -4.85. The van der Waals surface area contributed by atoms with E-state index in [1.807, 2.05) is 48.5 Å². The summed E-state index contributed by atoms with van der Waals surface area (Å²) >= 11 is 0. The van der Waals surface area contributed by atoms with Crippen LogP contribution in [0, 0.1) is 22.2 Å². The van der Waals surface area contributed by atoms with Crippen LogP contribution in [0.3, 0.4) is 0 Å². The zero-order valence-corrected chi connectivity index (χ0v) is 21.9. The van der Waals surface area contributed by atoms with E-state index in [4.69, 9.17) is 14.0 Å². The molecule has 3 aromatic carbocycles. The minimum atomic E-state index is -4.85. The zero-order chi connectivity index (χ0) is 29.9. The summed E-state index contributed by atoms with van der Waals surface area (Å²) in [5.74, 6) is -0.459. The summed E-state index contributed by atoms with van der Waals surface area (Å²) in [7, 11) is 0. The van der Waals surface area contributed by atoms with Gasteiger partial charge < -0.3 is 19.2 Å². The maximum absolute atomic E-state index is 13.1. The van der Waals surface area contributed by atoms with Crippen LogP contribution < -0.4 is 14.2 Å². The average molecular weight is 579 g/mol. The van der Waals surface area contributed by atoms with Crippen molar-refractivity contribution in [1.82, 2.24) is 10.1 Å². The number of alkyl halides is 3. The fourth-order valence-corrected chi connectivity index (χ4v) is 4.10. The molecule has 0 bridgehead atoms. The molecule has 42 heavy (non-hydrogen) atoms. The van der Waals surface area contributed by atoms with Crippen molar-refractivity contribution in [2.45, 2.75) is 26.3 Å². The standard InChI is InChI=1S/C29H21F3N4O6/c1-18-22(12-13-25(35(18)37)29(30,31)32)27-33-28(42-34-27)21-14-23(36(38)39)26(41-17-20-10-6-3-7-11-20)24(15-21)40-16-19-8-4-2-5-9-19/h2-15H,16-17H2,1H3. The normalized spacial score (nSPS) is 11.3. The summed E-state index contributed by atoms with van der Waals surface area (Å²) < 4.78 is 56.3. The molecule has 5 rings (SSSR count). The molecular weight excluding hydrogens is 557 g/mol. The first-order valence-corrected chi connectivity index (χ1v) is 12.4. The van der Waals surface area contributed by atoms with Gasteiger partial charge in [-0.15, -0.1) is 0 Å². The quantitative estimate of drug-likeness (QED) is 0.0847. The van der Waals surface area contributed by atoms with Gasteiger partial charge in [0.15, 0.2) is 5.75 Å². The van der Waals surface area contributed by atoms with Crippen molar-refractivity contribution >= 4 is 5.69 Å². The number of nitrogens with zero attached hydrogens (tertiary/aromatic N) is 4. The lowest BCUT2D eigenvalue weighted by Gasteiger charge is -2.14. The van der Waals surface area contributed by atoms with E-state index in [0.29, 0.717) is 6.07 Å². The van der Waals surface area contributed by atoms with Crippen molar-refractivity contribution in [3.63, 3.8) is 0 Å². The van der Waals surface area contributed by atoms with Crippen LogP contribution in [0.4, 0.5) is 18.9 Å². The van der Waals surface area contributed by atoms with Crippen LogP contribution >= 0.6 is 0 Å². The van der Waals surface area contributed by atoms with Gasteiger partial charge in [0, 0.05) is 19.1 Å². The SMILES string of the molecule is Cc1c(-c2noc(-c3cc(OCc4ccccc4)c(OCc4ccccc4)c([N+](=O)[O-])c3)n2)ccc(C(F)(F)F)[n+]1[O-]. The minimum absolute atomic E-state index is 0.00846. The average Bonchev–Trinajstić information content (AvgIpc) is 3.46. The van der Waals surface area contributed by atoms with Crippen LogP contribution in [-0.2, 0) is 19.4 Å². The van der Waals surface area contributed by atoms with Gasteiger partial charge >= 0.3 is 11.9 Å². The van der Waals surface area contributed by atoms with Crippen molar-refractivity contribution in [3.05, 3.63) is 123 Å². The van der Waals surface area contributed by atoms with Gasteiger partial charge in [-0.25, -0.2) is 0 Å². The van der Waals surface area contributed by atoms with E-state index in [2.05, 4.69) is 10.1 Å². The molecular formula is C29H21F3N4O6. The first-order valence-electron chi connectivity index (χ1n) is 12.4. The fourth-order valence-electron chi connectivity index (χ4n) is 4.10. The van der Waals surface area contributed by atoms with Gasteiger partial charge in [-0.1, -0.05) is 65.8 Å². The van der Waals surface area contributed by atoms with E-state index in [1.165, 1.54) is 19.1 Å². The van der Waals surface area contributed by atoms with Crippen LogP contribution in [0.1, 0.15) is 22.5 Å².